The average Bonchev–Trinajstić information content (AvgIpc) is 3.39. The third-order valence-electron chi connectivity index (χ3n) is 13.7. The van der Waals surface area contributed by atoms with E-state index in [9.17, 15) is 0 Å². The molecule has 0 spiro atoms. The summed E-state index contributed by atoms with van der Waals surface area (Å²) in [5.41, 5.74) is 16.6. The van der Waals surface area contributed by atoms with Gasteiger partial charge in [0.25, 0.3) is 0 Å². The van der Waals surface area contributed by atoms with Crippen molar-refractivity contribution < 1.29 is 0 Å². The Morgan fingerprint density at radius 1 is 0.514 bits per heavy atom. The molecule has 0 N–H and O–H groups in total. The Morgan fingerprint density at radius 3 is 1.40 bits per heavy atom. The topological polar surface area (TPSA) is 77.3 Å². The van der Waals surface area contributed by atoms with E-state index in [0.717, 1.165) is 81.4 Å². The molecule has 2 aromatic heterocycles. The Hall–Kier alpha value is -7.70. The lowest BCUT2D eigenvalue weighted by atomic mass is 9.79. The molecular formula is C64H60N6. The Labute approximate surface area is 413 Å². The predicted octanol–water partition coefficient (Wildman–Crippen LogP) is 15.7. The van der Waals surface area contributed by atoms with Gasteiger partial charge in [0.15, 0.2) is 34.9 Å². The first-order valence-corrected chi connectivity index (χ1v) is 24.7. The van der Waals surface area contributed by atoms with Gasteiger partial charge in [0.1, 0.15) is 0 Å². The van der Waals surface area contributed by atoms with Crippen LogP contribution in [0.3, 0.4) is 0 Å². The zero-order valence-corrected chi connectivity index (χ0v) is 41.2. The molecule has 2 atom stereocenters. The van der Waals surface area contributed by atoms with Crippen molar-refractivity contribution >= 4 is 16.7 Å². The molecule has 346 valence electrons. The van der Waals surface area contributed by atoms with Crippen LogP contribution in [-0.2, 0) is 12.8 Å². The molecule has 3 aliphatic rings. The number of benzene rings is 5. The minimum atomic E-state index is 0.0458. The first-order valence-electron chi connectivity index (χ1n) is 24.7. The molecule has 10 rings (SSSR count). The maximum Gasteiger partial charge on any atom is 0.164 e. The smallest absolute Gasteiger partial charge is 0.164 e. The summed E-state index contributed by atoms with van der Waals surface area (Å²) in [6, 6.07) is 41.0. The van der Waals surface area contributed by atoms with E-state index in [0.29, 0.717) is 53.2 Å². The molecule has 0 radical (unpaired) electrons. The molecule has 0 aliphatic heterocycles. The summed E-state index contributed by atoms with van der Waals surface area (Å²) >= 11 is 0. The van der Waals surface area contributed by atoms with Crippen molar-refractivity contribution in [3.05, 3.63) is 222 Å². The van der Waals surface area contributed by atoms with Crippen LogP contribution in [0.2, 0.25) is 0 Å². The quantitative estimate of drug-likeness (QED) is 0.151. The van der Waals surface area contributed by atoms with Crippen molar-refractivity contribution in [1.82, 2.24) is 29.9 Å². The number of allylic oxidation sites excluding steroid dienone is 13. The zero-order valence-electron chi connectivity index (χ0n) is 41.2. The standard InChI is InChI=1S/C64H60N6/c1-41-14-22-48(23-15-41)58-65-59(49-24-16-42(2)17-25-49)68-62(67-58)52-34-30-46(31-35-52)55-12-8-9-38-64(6,7)40-54-11-10-13-56(57(54)39-45(55)5)47-32-36-53(37-33-47)63-69-60(50-26-18-43(3)19-27-50)66-61(70-63)51-28-20-44(4)21-29-51/h8-16,18-20,22-37,42,44H,5,17,21,38-40H2,1-4,6-7H3/b9-8-,55-12?. The number of fused-ring (bicyclic) bond motifs is 1. The fourth-order valence-corrected chi connectivity index (χ4v) is 9.46. The summed E-state index contributed by atoms with van der Waals surface area (Å²) in [6.07, 6.45) is 24.5. The Balaban J connectivity index is 0.977. The molecule has 2 heterocycles. The highest BCUT2D eigenvalue weighted by Crippen LogP contribution is 2.38. The number of nitrogens with zero attached hydrogens (tertiary/aromatic N) is 6. The van der Waals surface area contributed by atoms with Crippen LogP contribution in [0.5, 0.6) is 0 Å². The summed E-state index contributed by atoms with van der Waals surface area (Å²) in [6.45, 7) is 18.2. The first-order chi connectivity index (χ1) is 33.9. The van der Waals surface area contributed by atoms with Gasteiger partial charge in [-0.25, -0.2) is 29.9 Å². The second-order valence-corrected chi connectivity index (χ2v) is 20.2. The number of rotatable bonds is 8. The van der Waals surface area contributed by atoms with E-state index in [1.807, 2.05) is 0 Å². The van der Waals surface area contributed by atoms with Crippen LogP contribution >= 0.6 is 0 Å². The van der Waals surface area contributed by atoms with Gasteiger partial charge in [-0.05, 0) is 102 Å². The Kier molecular flexibility index (Phi) is 13.0. The molecule has 0 saturated heterocycles. The number of aromatic nitrogens is 6. The third-order valence-corrected chi connectivity index (χ3v) is 13.7. The molecule has 0 amide bonds. The Morgan fingerprint density at radius 2 is 0.943 bits per heavy atom. The minimum Gasteiger partial charge on any atom is -0.208 e. The molecule has 70 heavy (non-hydrogen) atoms. The van der Waals surface area contributed by atoms with E-state index in [1.165, 1.54) is 27.8 Å². The van der Waals surface area contributed by atoms with Crippen LogP contribution in [0, 0.1) is 31.1 Å². The molecule has 6 nitrogen and oxygen atoms in total. The van der Waals surface area contributed by atoms with E-state index in [-0.39, 0.29) is 5.41 Å². The summed E-state index contributed by atoms with van der Waals surface area (Å²) in [7, 11) is 0. The molecule has 7 aromatic rings. The van der Waals surface area contributed by atoms with Gasteiger partial charge in [-0.15, -0.1) is 0 Å². The van der Waals surface area contributed by atoms with Crippen LogP contribution < -0.4 is 0 Å². The molecular weight excluding hydrogens is 853 g/mol. The summed E-state index contributed by atoms with van der Waals surface area (Å²) in [5, 5.41) is 0. The van der Waals surface area contributed by atoms with Crippen molar-refractivity contribution in [3.8, 4) is 56.7 Å². The van der Waals surface area contributed by atoms with E-state index < -0.39 is 0 Å². The van der Waals surface area contributed by atoms with Gasteiger partial charge < -0.3 is 0 Å². The monoisotopic (exact) mass is 912 g/mol. The number of hydrogen-bond acceptors (Lipinski definition) is 6. The normalized spacial score (nSPS) is 18.3. The second-order valence-electron chi connectivity index (χ2n) is 20.2. The van der Waals surface area contributed by atoms with Crippen LogP contribution in [0.1, 0.15) is 86.4 Å². The van der Waals surface area contributed by atoms with Crippen LogP contribution in [0.25, 0.3) is 73.4 Å². The summed E-state index contributed by atoms with van der Waals surface area (Å²) in [4.78, 5) is 30.2. The fraction of sp³-hybridized carbons (Fsp3) is 0.219. The van der Waals surface area contributed by atoms with Crippen LogP contribution in [0.15, 0.2) is 182 Å². The van der Waals surface area contributed by atoms with Crippen molar-refractivity contribution in [3.63, 3.8) is 0 Å². The zero-order chi connectivity index (χ0) is 48.4. The number of hydrogen-bond donors (Lipinski definition) is 0. The second kappa shape index (κ2) is 19.7. The maximum atomic E-state index is 5.07. The third kappa shape index (κ3) is 10.3. The average molecular weight is 913 g/mol. The van der Waals surface area contributed by atoms with E-state index in [1.54, 1.807) is 0 Å². The van der Waals surface area contributed by atoms with E-state index in [2.05, 4.69) is 211 Å². The van der Waals surface area contributed by atoms with Crippen LogP contribution in [-0.4, -0.2) is 29.9 Å². The van der Waals surface area contributed by atoms with Gasteiger partial charge in [0.05, 0.1) is 0 Å². The summed E-state index contributed by atoms with van der Waals surface area (Å²) < 4.78 is 0. The molecule has 6 heteroatoms. The minimum absolute atomic E-state index is 0.0458. The fourth-order valence-electron chi connectivity index (χ4n) is 9.46. The number of aryl methyl sites for hydroxylation is 2. The van der Waals surface area contributed by atoms with Crippen molar-refractivity contribution in [2.45, 2.75) is 73.6 Å². The molecule has 2 unspecified atom stereocenters. The summed E-state index contributed by atoms with van der Waals surface area (Å²) in [5.74, 6) is 5.02. The molecule has 0 bridgehead atoms. The molecule has 3 aliphatic carbocycles. The molecule has 0 saturated carbocycles. The largest absolute Gasteiger partial charge is 0.208 e. The van der Waals surface area contributed by atoms with Gasteiger partial charge in [0.2, 0.25) is 0 Å². The van der Waals surface area contributed by atoms with Crippen molar-refractivity contribution in [2.75, 3.05) is 0 Å². The lowest BCUT2D eigenvalue weighted by molar-refractivity contribution is 0.368. The van der Waals surface area contributed by atoms with Crippen LogP contribution in [0.4, 0.5) is 0 Å². The van der Waals surface area contributed by atoms with Gasteiger partial charge in [-0.3, -0.25) is 0 Å². The SMILES string of the molecule is C=C1Cc2c(cccc2-c2ccc(-c3nc(C4=CCC(C)C=C4)nc(-c4ccc(C)cc4)n3)cc2)CC(C)(C)C/C=C\C=C1c1ccc(-c2nc(C3=CCC(C)C=C3)nc(-c3ccc(C)cc3)n2)cc1. The van der Waals surface area contributed by atoms with Gasteiger partial charge in [0, 0.05) is 33.4 Å². The van der Waals surface area contributed by atoms with Gasteiger partial charge in [-0.2, -0.15) is 0 Å². The van der Waals surface area contributed by atoms with E-state index in [4.69, 9.17) is 36.5 Å². The van der Waals surface area contributed by atoms with Gasteiger partial charge in [-0.1, -0.05) is 215 Å². The maximum absolute atomic E-state index is 5.07. The lowest BCUT2D eigenvalue weighted by Gasteiger charge is -2.26. The molecule has 0 fully saturated rings. The molecule has 5 aromatic carbocycles. The van der Waals surface area contributed by atoms with Crippen molar-refractivity contribution in [1.29, 1.82) is 0 Å². The Bertz CT molecular complexity index is 3290. The first kappa shape index (κ1) is 46.1. The highest BCUT2D eigenvalue weighted by molar-refractivity contribution is 5.83. The highest BCUT2D eigenvalue weighted by Gasteiger charge is 2.23. The van der Waals surface area contributed by atoms with E-state index >= 15 is 0 Å². The highest BCUT2D eigenvalue weighted by atomic mass is 15.0. The lowest BCUT2D eigenvalue weighted by Crippen LogP contribution is -2.15. The van der Waals surface area contributed by atoms with Crippen molar-refractivity contribution in [2.24, 2.45) is 17.3 Å². The predicted molar refractivity (Wildman–Crippen MR) is 290 cm³/mol. The van der Waals surface area contributed by atoms with Gasteiger partial charge >= 0.3 is 0 Å².